The van der Waals surface area contributed by atoms with Gasteiger partial charge in [0.2, 0.25) is 0 Å². The molecule has 6 heteroatoms. The topological polar surface area (TPSA) is 67.6 Å². The van der Waals surface area contributed by atoms with Crippen LogP contribution in [0.3, 0.4) is 0 Å². The van der Waals surface area contributed by atoms with Crippen molar-refractivity contribution in [2.45, 2.75) is 39.0 Å². The molecule has 1 aliphatic heterocycles. The molecule has 0 radical (unpaired) electrons. The minimum atomic E-state index is -0.103. The van der Waals surface area contributed by atoms with E-state index in [-0.39, 0.29) is 6.03 Å². The zero-order valence-electron chi connectivity index (χ0n) is 17.5. The second-order valence-corrected chi connectivity index (χ2v) is 8.05. The molecule has 2 amide bonds. The molecule has 1 atom stereocenters. The Morgan fingerprint density at radius 2 is 2.20 bits per heavy atom. The molecule has 1 saturated heterocycles. The van der Waals surface area contributed by atoms with Gasteiger partial charge in [-0.3, -0.25) is 0 Å². The summed E-state index contributed by atoms with van der Waals surface area (Å²) >= 11 is 0. The second kappa shape index (κ2) is 9.65. The lowest BCUT2D eigenvalue weighted by molar-refractivity contribution is 0.207. The van der Waals surface area contributed by atoms with Crippen molar-refractivity contribution in [1.82, 2.24) is 10.1 Å². The van der Waals surface area contributed by atoms with Gasteiger partial charge < -0.3 is 19.5 Å². The number of carbonyl (C=O) groups excluding carboxylic acids is 1. The summed E-state index contributed by atoms with van der Waals surface area (Å²) in [6, 6.07) is 8.19. The van der Waals surface area contributed by atoms with Crippen molar-refractivity contribution in [2.75, 3.05) is 25.0 Å². The Morgan fingerprint density at radius 3 is 2.93 bits per heavy atom. The molecule has 6 nitrogen and oxygen atoms in total. The maximum Gasteiger partial charge on any atom is 0.322 e. The molecular weight excluding hydrogens is 378 g/mol. The Balaban J connectivity index is 1.29. The first-order chi connectivity index (χ1) is 14.7. The number of aromatic nitrogens is 1. The number of nitrogens with zero attached hydrogens (tertiary/aromatic N) is 2. The standard InChI is InChI=1S/C24H29N3O3/c1-18-23(16-25-30-18)26-24(28)27-12-10-19(11-13-27)14-21-8-5-9-22(15-21)29-17-20-6-3-2-4-7-20/h2-3,5,8-9,14-16,20H,4,6-7,10-13,17H2,1H3,(H,26,28). The van der Waals surface area contributed by atoms with Crippen molar-refractivity contribution in [1.29, 1.82) is 0 Å². The van der Waals surface area contributed by atoms with Gasteiger partial charge in [0, 0.05) is 13.1 Å². The van der Waals surface area contributed by atoms with Crippen molar-refractivity contribution in [2.24, 2.45) is 5.92 Å². The number of ether oxygens (including phenoxy) is 1. The number of carbonyl (C=O) groups is 1. The van der Waals surface area contributed by atoms with Crippen LogP contribution in [0.1, 0.15) is 43.4 Å². The first kappa shape index (κ1) is 20.3. The largest absolute Gasteiger partial charge is 0.493 e. The number of piperidine rings is 1. The van der Waals surface area contributed by atoms with E-state index in [1.165, 1.54) is 18.2 Å². The van der Waals surface area contributed by atoms with Crippen LogP contribution in [0.5, 0.6) is 5.75 Å². The van der Waals surface area contributed by atoms with Crippen molar-refractivity contribution in [3.05, 3.63) is 59.5 Å². The number of hydrogen-bond donors (Lipinski definition) is 1. The fraction of sp³-hybridized carbons (Fsp3) is 0.417. The van der Waals surface area contributed by atoms with Gasteiger partial charge >= 0.3 is 6.03 Å². The number of urea groups is 1. The molecule has 0 saturated carbocycles. The molecule has 158 valence electrons. The van der Waals surface area contributed by atoms with Gasteiger partial charge in [-0.25, -0.2) is 4.79 Å². The number of benzene rings is 1. The van der Waals surface area contributed by atoms with Gasteiger partial charge in [0.1, 0.15) is 11.4 Å². The van der Waals surface area contributed by atoms with E-state index < -0.39 is 0 Å². The lowest BCUT2D eigenvalue weighted by Gasteiger charge is -2.28. The average Bonchev–Trinajstić information content (AvgIpc) is 3.18. The molecule has 1 unspecified atom stereocenters. The Kier molecular flexibility index (Phi) is 6.52. The van der Waals surface area contributed by atoms with E-state index in [1.807, 2.05) is 17.0 Å². The summed E-state index contributed by atoms with van der Waals surface area (Å²) in [5.41, 5.74) is 3.14. The summed E-state index contributed by atoms with van der Waals surface area (Å²) in [5, 5.41) is 6.56. The molecule has 30 heavy (non-hydrogen) atoms. The molecule has 0 spiro atoms. The first-order valence-electron chi connectivity index (χ1n) is 10.7. The van der Waals surface area contributed by atoms with Crippen LogP contribution in [0.2, 0.25) is 0 Å². The molecule has 1 N–H and O–H groups in total. The second-order valence-electron chi connectivity index (χ2n) is 8.05. The van der Waals surface area contributed by atoms with Crippen LogP contribution in [0, 0.1) is 12.8 Å². The van der Waals surface area contributed by atoms with Gasteiger partial charge in [-0.2, -0.15) is 0 Å². The van der Waals surface area contributed by atoms with Crippen LogP contribution in [-0.2, 0) is 0 Å². The number of allylic oxidation sites excluding steroid dienone is 2. The maximum atomic E-state index is 12.4. The predicted molar refractivity (Wildman–Crippen MR) is 117 cm³/mol. The zero-order valence-corrected chi connectivity index (χ0v) is 17.5. The smallest absolute Gasteiger partial charge is 0.322 e. The summed E-state index contributed by atoms with van der Waals surface area (Å²) in [6.45, 7) is 3.96. The Morgan fingerprint density at radius 1 is 1.33 bits per heavy atom. The molecule has 2 aliphatic rings. The minimum Gasteiger partial charge on any atom is -0.493 e. The van der Waals surface area contributed by atoms with E-state index in [4.69, 9.17) is 9.26 Å². The number of aryl methyl sites for hydroxylation is 1. The van der Waals surface area contributed by atoms with Gasteiger partial charge in [0.05, 0.1) is 12.8 Å². The SMILES string of the molecule is Cc1oncc1NC(=O)N1CCC(=Cc2cccc(OCC3CC=CCC3)c2)CC1. The highest BCUT2D eigenvalue weighted by molar-refractivity contribution is 5.89. The fourth-order valence-corrected chi connectivity index (χ4v) is 3.91. The predicted octanol–water partition coefficient (Wildman–Crippen LogP) is 5.43. The number of rotatable bonds is 5. The van der Waals surface area contributed by atoms with Crippen LogP contribution in [-0.4, -0.2) is 35.8 Å². The Hall–Kier alpha value is -3.02. The molecular formula is C24H29N3O3. The highest BCUT2D eigenvalue weighted by Gasteiger charge is 2.20. The molecule has 1 aliphatic carbocycles. The van der Waals surface area contributed by atoms with Crippen LogP contribution >= 0.6 is 0 Å². The molecule has 4 rings (SSSR count). The van der Waals surface area contributed by atoms with Crippen LogP contribution < -0.4 is 10.1 Å². The average molecular weight is 408 g/mol. The van der Waals surface area contributed by atoms with Gasteiger partial charge in [-0.1, -0.05) is 41.1 Å². The summed E-state index contributed by atoms with van der Waals surface area (Å²) in [5.74, 6) is 2.16. The number of anilines is 1. The number of likely N-dealkylation sites (tertiary alicyclic amines) is 1. The minimum absolute atomic E-state index is 0.103. The van der Waals surface area contributed by atoms with E-state index in [2.05, 4.69) is 40.8 Å². The summed E-state index contributed by atoms with van der Waals surface area (Å²) in [4.78, 5) is 14.3. The van der Waals surface area contributed by atoms with Gasteiger partial charge in [0.25, 0.3) is 0 Å². The highest BCUT2D eigenvalue weighted by atomic mass is 16.5. The molecule has 0 bridgehead atoms. The number of amides is 2. The highest BCUT2D eigenvalue weighted by Crippen LogP contribution is 2.24. The van der Waals surface area contributed by atoms with E-state index in [0.717, 1.165) is 43.6 Å². The fourth-order valence-electron chi connectivity index (χ4n) is 3.91. The van der Waals surface area contributed by atoms with Crippen molar-refractivity contribution < 1.29 is 14.1 Å². The maximum absolute atomic E-state index is 12.4. The summed E-state index contributed by atoms with van der Waals surface area (Å²) < 4.78 is 11.0. The van der Waals surface area contributed by atoms with Gasteiger partial charge in [-0.15, -0.1) is 0 Å². The van der Waals surface area contributed by atoms with Crippen LogP contribution in [0.15, 0.2) is 52.7 Å². The van der Waals surface area contributed by atoms with Crippen molar-refractivity contribution in [3.8, 4) is 5.75 Å². The van der Waals surface area contributed by atoms with Gasteiger partial charge in [-0.05, 0) is 62.6 Å². The monoisotopic (exact) mass is 407 g/mol. The van der Waals surface area contributed by atoms with E-state index in [0.29, 0.717) is 30.5 Å². The third-order valence-corrected chi connectivity index (χ3v) is 5.78. The molecule has 1 aromatic heterocycles. The molecule has 1 aromatic carbocycles. The quantitative estimate of drug-likeness (QED) is 0.671. The Bertz CT molecular complexity index is 921. The summed E-state index contributed by atoms with van der Waals surface area (Å²) in [6.07, 6.45) is 13.5. The lowest BCUT2D eigenvalue weighted by atomic mass is 9.95. The summed E-state index contributed by atoms with van der Waals surface area (Å²) in [7, 11) is 0. The molecule has 2 aromatic rings. The van der Waals surface area contributed by atoms with Crippen molar-refractivity contribution >= 4 is 17.8 Å². The van der Waals surface area contributed by atoms with E-state index in [1.54, 1.807) is 6.92 Å². The van der Waals surface area contributed by atoms with Crippen LogP contribution in [0.4, 0.5) is 10.5 Å². The van der Waals surface area contributed by atoms with E-state index in [9.17, 15) is 4.79 Å². The van der Waals surface area contributed by atoms with Crippen LogP contribution in [0.25, 0.3) is 6.08 Å². The van der Waals surface area contributed by atoms with E-state index >= 15 is 0 Å². The third-order valence-electron chi connectivity index (χ3n) is 5.78. The first-order valence-corrected chi connectivity index (χ1v) is 10.7. The van der Waals surface area contributed by atoms with Crippen molar-refractivity contribution in [3.63, 3.8) is 0 Å². The number of nitrogens with one attached hydrogen (secondary N) is 1. The normalized spacial score (nSPS) is 18.9. The third kappa shape index (κ3) is 5.32. The molecule has 2 heterocycles. The van der Waals surface area contributed by atoms with Gasteiger partial charge in [0.15, 0.2) is 5.76 Å². The lowest BCUT2D eigenvalue weighted by Crippen LogP contribution is -2.39. The molecule has 1 fully saturated rings. The number of hydrogen-bond acceptors (Lipinski definition) is 4. The Labute approximate surface area is 177 Å². The zero-order chi connectivity index (χ0) is 20.8.